The number of imidazole rings is 1. The molecule has 1 amide bonds. The second kappa shape index (κ2) is 7.35. The highest BCUT2D eigenvalue weighted by Crippen LogP contribution is 2.34. The molecule has 1 aliphatic heterocycles. The number of nitrogens with zero attached hydrogens (tertiary/aromatic N) is 7. The van der Waals surface area contributed by atoms with Crippen molar-refractivity contribution >= 4 is 26.0 Å². The van der Waals surface area contributed by atoms with E-state index in [0.717, 1.165) is 27.9 Å². The van der Waals surface area contributed by atoms with E-state index in [1.54, 1.807) is 28.0 Å². The number of nitrogens with one attached hydrogen (secondary N) is 1. The van der Waals surface area contributed by atoms with Crippen LogP contribution in [0.5, 0.6) is 0 Å². The molecule has 5 aromatic rings. The van der Waals surface area contributed by atoms with Crippen molar-refractivity contribution in [2.45, 2.75) is 12.5 Å². The monoisotopic (exact) mass is 444 g/mol. The van der Waals surface area contributed by atoms with Crippen molar-refractivity contribution in [3.05, 3.63) is 78.1 Å². The van der Waals surface area contributed by atoms with Gasteiger partial charge in [-0.2, -0.15) is 5.10 Å². The first-order valence-corrected chi connectivity index (χ1v) is 10.6. The summed E-state index contributed by atoms with van der Waals surface area (Å²) in [5.41, 5.74) is 3.92. The number of H-pyrrole nitrogens is 1. The third-order valence-corrected chi connectivity index (χ3v) is 5.81. The summed E-state index contributed by atoms with van der Waals surface area (Å²) in [4.78, 5) is 27.1. The lowest BCUT2D eigenvalue weighted by atomic mass is 9.99. The van der Waals surface area contributed by atoms with E-state index in [9.17, 15) is 4.79 Å². The molecule has 11 heteroatoms. The average Bonchev–Trinajstić information content (AvgIpc) is 3.57. The lowest BCUT2D eigenvalue weighted by Gasteiger charge is -2.32. The molecular formula is C21H17N8O2P. The second-order valence-corrected chi connectivity index (χ2v) is 8.11. The molecule has 32 heavy (non-hydrogen) atoms. The van der Waals surface area contributed by atoms with E-state index in [2.05, 4.69) is 34.4 Å². The average molecular weight is 444 g/mol. The van der Waals surface area contributed by atoms with Gasteiger partial charge in [-0.15, -0.1) is 19.4 Å². The molecule has 0 saturated carbocycles. The highest BCUT2D eigenvalue weighted by Gasteiger charge is 2.38. The number of amides is 1. The summed E-state index contributed by atoms with van der Waals surface area (Å²) in [5, 5.41) is 13.6. The van der Waals surface area contributed by atoms with Crippen LogP contribution in [-0.2, 0) is 6.42 Å². The van der Waals surface area contributed by atoms with Crippen LogP contribution >= 0.6 is 9.24 Å². The number of hydrogen-bond donors (Lipinski definition) is 1. The number of aromatic nitrogens is 7. The Morgan fingerprint density at radius 1 is 1.19 bits per heavy atom. The topological polar surface area (TPSA) is 118 Å². The number of hydrogen-bond acceptors (Lipinski definition) is 7. The molecule has 0 fully saturated rings. The third kappa shape index (κ3) is 3.07. The van der Waals surface area contributed by atoms with Crippen LogP contribution in [0.3, 0.4) is 0 Å². The number of aromatic amines is 1. The Morgan fingerprint density at radius 3 is 2.97 bits per heavy atom. The van der Waals surface area contributed by atoms with Crippen molar-refractivity contribution < 1.29 is 9.21 Å². The van der Waals surface area contributed by atoms with Gasteiger partial charge in [0.1, 0.15) is 11.7 Å². The summed E-state index contributed by atoms with van der Waals surface area (Å²) in [6, 6.07) is 10.9. The summed E-state index contributed by atoms with van der Waals surface area (Å²) in [6.07, 6.45) is 5.84. The molecular weight excluding hydrogens is 427 g/mol. The van der Waals surface area contributed by atoms with Gasteiger partial charge in [0, 0.05) is 31.1 Å². The Labute approximate surface area is 183 Å². The van der Waals surface area contributed by atoms with Crippen molar-refractivity contribution in [2.24, 2.45) is 0 Å². The van der Waals surface area contributed by atoms with Crippen molar-refractivity contribution in [3.8, 4) is 11.6 Å². The summed E-state index contributed by atoms with van der Waals surface area (Å²) < 4.78 is 7.48. The molecule has 0 saturated heterocycles. The number of pyridine rings is 2. The van der Waals surface area contributed by atoms with E-state index in [1.807, 2.05) is 36.5 Å². The van der Waals surface area contributed by atoms with E-state index < -0.39 is 6.04 Å². The normalized spacial score (nSPS) is 15.8. The maximum Gasteiger partial charge on any atom is 0.312 e. The molecule has 0 spiro atoms. The Hall–Kier alpha value is -3.91. The lowest BCUT2D eigenvalue weighted by Crippen LogP contribution is -2.41. The van der Waals surface area contributed by atoms with Crippen molar-refractivity contribution in [1.29, 1.82) is 0 Å². The number of carbonyl (C=O) groups is 1. The maximum atomic E-state index is 13.5. The first-order chi connectivity index (χ1) is 15.7. The van der Waals surface area contributed by atoms with Crippen LogP contribution in [0.2, 0.25) is 0 Å². The van der Waals surface area contributed by atoms with E-state index in [4.69, 9.17) is 9.52 Å². The van der Waals surface area contributed by atoms with Gasteiger partial charge < -0.3 is 14.3 Å². The molecule has 5 aromatic heterocycles. The van der Waals surface area contributed by atoms with Crippen LogP contribution in [0, 0.1) is 0 Å². The van der Waals surface area contributed by atoms with Crippen LogP contribution in [0.25, 0.3) is 17.1 Å². The fourth-order valence-electron chi connectivity index (χ4n) is 3.95. The molecule has 10 nitrogen and oxygen atoms in total. The fraction of sp³-hybridized carbons (Fsp3) is 0.143. The van der Waals surface area contributed by atoms with Crippen LogP contribution in [-0.4, -0.2) is 52.1 Å². The minimum absolute atomic E-state index is 0.0931. The predicted octanol–water partition coefficient (Wildman–Crippen LogP) is 1.79. The predicted molar refractivity (Wildman–Crippen MR) is 117 cm³/mol. The first-order valence-electron chi connectivity index (χ1n) is 10.0. The van der Waals surface area contributed by atoms with Crippen LogP contribution in [0.1, 0.15) is 33.8 Å². The summed E-state index contributed by atoms with van der Waals surface area (Å²) in [7, 11) is 2.57. The van der Waals surface area contributed by atoms with Crippen LogP contribution in [0.15, 0.2) is 59.5 Å². The summed E-state index contributed by atoms with van der Waals surface area (Å²) in [5.74, 6) is -0.272. The van der Waals surface area contributed by atoms with Gasteiger partial charge in [0.25, 0.3) is 5.89 Å². The zero-order valence-corrected chi connectivity index (χ0v) is 17.9. The fourth-order valence-corrected chi connectivity index (χ4v) is 4.13. The highest BCUT2D eigenvalue weighted by atomic mass is 31.0. The Morgan fingerprint density at radius 2 is 2.12 bits per heavy atom. The molecule has 2 atom stereocenters. The van der Waals surface area contributed by atoms with Crippen LogP contribution < -0.4 is 5.30 Å². The van der Waals surface area contributed by atoms with Crippen LogP contribution in [0.4, 0.5) is 0 Å². The minimum atomic E-state index is -0.470. The summed E-state index contributed by atoms with van der Waals surface area (Å²) >= 11 is 0. The maximum absolute atomic E-state index is 13.5. The van der Waals surface area contributed by atoms with E-state index in [1.165, 1.54) is 0 Å². The largest absolute Gasteiger partial charge is 0.411 e. The van der Waals surface area contributed by atoms with Gasteiger partial charge in [-0.25, -0.2) is 9.50 Å². The SMILES string of the molecule is O=C(c1nnc(-c2ccc(P)cn2)o1)N1CCc2[nH]cnc2[C@H]1c1cc2ccccn2n1. The zero-order chi connectivity index (χ0) is 21.7. The van der Waals surface area contributed by atoms with E-state index >= 15 is 0 Å². The quantitative estimate of drug-likeness (QED) is 0.422. The van der Waals surface area contributed by atoms with Crippen molar-refractivity contribution in [2.75, 3.05) is 6.54 Å². The minimum Gasteiger partial charge on any atom is -0.411 e. The smallest absolute Gasteiger partial charge is 0.312 e. The van der Waals surface area contributed by atoms with Crippen molar-refractivity contribution in [1.82, 2.24) is 39.7 Å². The van der Waals surface area contributed by atoms with Gasteiger partial charge in [-0.3, -0.25) is 9.78 Å². The molecule has 0 aromatic carbocycles. The Kier molecular flexibility index (Phi) is 4.32. The van der Waals surface area contributed by atoms with E-state index in [0.29, 0.717) is 18.7 Å². The van der Waals surface area contributed by atoms with Gasteiger partial charge in [0.2, 0.25) is 0 Å². The molecule has 0 bridgehead atoms. The molecule has 0 aliphatic carbocycles. The number of carbonyl (C=O) groups excluding carboxylic acids is 1. The standard InChI is InChI=1S/C21H17N8O2P/c30-21(20-26-25-19(31-20)15-5-4-13(32)10-22-15)28-8-6-14-17(24-11-23-14)18(28)16-9-12-3-1-2-7-29(12)27-16/h1-5,7,9-11,18H,6,8,32H2,(H,23,24)/t18-/m1/s1. The van der Waals surface area contributed by atoms with Gasteiger partial charge in [-0.05, 0) is 29.6 Å². The number of fused-ring (bicyclic) bond motifs is 2. The molecule has 6 heterocycles. The van der Waals surface area contributed by atoms with Gasteiger partial charge in [-0.1, -0.05) is 12.1 Å². The van der Waals surface area contributed by atoms with Gasteiger partial charge >= 0.3 is 11.8 Å². The molecule has 1 N–H and O–H groups in total. The molecule has 0 radical (unpaired) electrons. The van der Waals surface area contributed by atoms with E-state index in [-0.39, 0.29) is 17.7 Å². The lowest BCUT2D eigenvalue weighted by molar-refractivity contribution is 0.0646. The zero-order valence-electron chi connectivity index (χ0n) is 16.7. The van der Waals surface area contributed by atoms with Gasteiger partial charge in [0.05, 0.1) is 23.2 Å². The Balaban J connectivity index is 1.38. The number of rotatable bonds is 3. The molecule has 6 rings (SSSR count). The third-order valence-electron chi connectivity index (χ3n) is 5.47. The summed E-state index contributed by atoms with van der Waals surface area (Å²) in [6.45, 7) is 0.463. The van der Waals surface area contributed by atoms with Crippen molar-refractivity contribution in [3.63, 3.8) is 0 Å². The Bertz CT molecular complexity index is 1400. The second-order valence-electron chi connectivity index (χ2n) is 7.45. The molecule has 1 aliphatic rings. The molecule has 158 valence electrons. The van der Waals surface area contributed by atoms with Gasteiger partial charge in [0.15, 0.2) is 0 Å². The highest BCUT2D eigenvalue weighted by molar-refractivity contribution is 7.27. The first kappa shape index (κ1) is 18.8. The molecule has 1 unspecified atom stereocenters.